The Bertz CT molecular complexity index is 1590. The molecule has 4 heterocycles. The molecule has 1 aliphatic rings. The lowest BCUT2D eigenvalue weighted by Gasteiger charge is -2.32. The molecule has 1 amide bonds. The molecule has 1 saturated heterocycles. The molecule has 5 rings (SSSR count). The summed E-state index contributed by atoms with van der Waals surface area (Å²) >= 11 is 0. The maximum atomic E-state index is 14.0. The SMILES string of the molecule is Cc1cc(-c2nnc(-c3c(C)nc(C)nc3C3CCN(C(=O)Cc4c(F)cccc4F)CC3)o2)nc(C(F)(F)F)n1. The normalized spacial score (nSPS) is 14.5. The number of amides is 1. The third kappa shape index (κ3) is 5.91. The molecule has 0 spiro atoms. The van der Waals surface area contributed by atoms with E-state index >= 15 is 0 Å². The van der Waals surface area contributed by atoms with E-state index in [1.165, 1.54) is 19.1 Å². The summed E-state index contributed by atoms with van der Waals surface area (Å²) in [6.45, 7) is 5.52. The summed E-state index contributed by atoms with van der Waals surface area (Å²) in [4.78, 5) is 30.4. The van der Waals surface area contributed by atoms with E-state index < -0.39 is 23.6 Å². The number of piperidine rings is 1. The van der Waals surface area contributed by atoms with Gasteiger partial charge < -0.3 is 9.32 Å². The van der Waals surface area contributed by atoms with Gasteiger partial charge in [0, 0.05) is 30.3 Å². The monoisotopic (exact) mass is 573 g/mol. The van der Waals surface area contributed by atoms with E-state index in [0.29, 0.717) is 48.7 Å². The van der Waals surface area contributed by atoms with Crippen molar-refractivity contribution >= 4 is 5.91 Å². The Labute approximate surface area is 230 Å². The fourth-order valence-corrected chi connectivity index (χ4v) is 4.90. The van der Waals surface area contributed by atoms with Gasteiger partial charge in [-0.05, 0) is 51.8 Å². The Morgan fingerprint density at radius 3 is 2.29 bits per heavy atom. The molecule has 0 bridgehead atoms. The van der Waals surface area contributed by atoms with Crippen molar-refractivity contribution in [3.8, 4) is 23.0 Å². The minimum absolute atomic E-state index is 0.0193. The highest BCUT2D eigenvalue weighted by atomic mass is 19.4. The second-order valence-electron chi connectivity index (χ2n) is 9.78. The van der Waals surface area contributed by atoms with E-state index in [0.717, 1.165) is 12.1 Å². The summed E-state index contributed by atoms with van der Waals surface area (Å²) in [6.07, 6.45) is -4.15. The number of hydrogen-bond donors (Lipinski definition) is 0. The lowest BCUT2D eigenvalue weighted by atomic mass is 9.89. The first-order chi connectivity index (χ1) is 19.4. The topological polar surface area (TPSA) is 111 Å². The zero-order valence-electron chi connectivity index (χ0n) is 22.3. The lowest BCUT2D eigenvalue weighted by Crippen LogP contribution is -2.39. The molecule has 0 aliphatic carbocycles. The maximum Gasteiger partial charge on any atom is 0.451 e. The summed E-state index contributed by atoms with van der Waals surface area (Å²) < 4.78 is 73.6. The van der Waals surface area contributed by atoms with Crippen LogP contribution in [0.2, 0.25) is 0 Å². The van der Waals surface area contributed by atoms with Gasteiger partial charge in [0.25, 0.3) is 11.8 Å². The van der Waals surface area contributed by atoms with Crippen molar-refractivity contribution in [2.75, 3.05) is 13.1 Å². The maximum absolute atomic E-state index is 14.0. The van der Waals surface area contributed by atoms with Crippen LogP contribution >= 0.6 is 0 Å². The molecule has 41 heavy (non-hydrogen) atoms. The molecule has 0 atom stereocenters. The molecule has 1 aromatic carbocycles. The van der Waals surface area contributed by atoms with Crippen LogP contribution in [0.5, 0.6) is 0 Å². The van der Waals surface area contributed by atoms with E-state index in [9.17, 15) is 26.7 Å². The number of benzene rings is 1. The highest BCUT2D eigenvalue weighted by molar-refractivity contribution is 5.79. The molecule has 0 unspecified atom stereocenters. The van der Waals surface area contributed by atoms with Gasteiger partial charge in [-0.2, -0.15) is 13.2 Å². The van der Waals surface area contributed by atoms with E-state index in [1.807, 2.05) is 0 Å². The first kappa shape index (κ1) is 28.2. The minimum Gasteiger partial charge on any atom is -0.414 e. The molecule has 0 radical (unpaired) electrons. The number of aromatic nitrogens is 6. The van der Waals surface area contributed by atoms with Crippen molar-refractivity contribution in [3.63, 3.8) is 0 Å². The van der Waals surface area contributed by atoms with Crippen molar-refractivity contribution in [1.29, 1.82) is 0 Å². The number of hydrogen-bond acceptors (Lipinski definition) is 8. The van der Waals surface area contributed by atoms with Crippen LogP contribution in [0.4, 0.5) is 22.0 Å². The van der Waals surface area contributed by atoms with Gasteiger partial charge in [-0.15, -0.1) is 10.2 Å². The molecule has 0 N–H and O–H groups in total. The highest BCUT2D eigenvalue weighted by Gasteiger charge is 2.36. The van der Waals surface area contributed by atoms with Crippen LogP contribution in [-0.2, 0) is 17.4 Å². The fourth-order valence-electron chi connectivity index (χ4n) is 4.90. The summed E-state index contributed by atoms with van der Waals surface area (Å²) in [5.74, 6) is -3.09. The molecular weight excluding hydrogens is 549 g/mol. The molecule has 214 valence electrons. The molecular formula is C27H24F5N7O2. The number of rotatable bonds is 5. The average molecular weight is 574 g/mol. The molecule has 9 nitrogen and oxygen atoms in total. The summed E-state index contributed by atoms with van der Waals surface area (Å²) in [5.41, 5.74) is 1.23. The van der Waals surface area contributed by atoms with Crippen LogP contribution in [0.1, 0.15) is 53.1 Å². The van der Waals surface area contributed by atoms with E-state index in [4.69, 9.17) is 4.42 Å². The van der Waals surface area contributed by atoms with E-state index in [2.05, 4.69) is 30.1 Å². The zero-order chi connectivity index (χ0) is 29.5. The summed E-state index contributed by atoms with van der Waals surface area (Å²) in [7, 11) is 0. The van der Waals surface area contributed by atoms with Gasteiger partial charge in [-0.1, -0.05) is 6.07 Å². The second kappa shape index (κ2) is 10.9. The Morgan fingerprint density at radius 1 is 0.976 bits per heavy atom. The van der Waals surface area contributed by atoms with Gasteiger partial charge in [0.1, 0.15) is 23.2 Å². The second-order valence-corrected chi connectivity index (χ2v) is 9.78. The number of halogens is 5. The molecule has 3 aromatic heterocycles. The van der Waals surface area contributed by atoms with Crippen molar-refractivity contribution in [1.82, 2.24) is 35.0 Å². The number of alkyl halides is 3. The largest absolute Gasteiger partial charge is 0.451 e. The fraction of sp³-hybridized carbons (Fsp3) is 0.370. The lowest BCUT2D eigenvalue weighted by molar-refractivity contribution is -0.145. The zero-order valence-corrected chi connectivity index (χ0v) is 22.3. The minimum atomic E-state index is -4.75. The molecule has 1 aliphatic heterocycles. The van der Waals surface area contributed by atoms with Crippen LogP contribution in [-0.4, -0.2) is 54.0 Å². The average Bonchev–Trinajstić information content (AvgIpc) is 3.39. The first-order valence-electron chi connectivity index (χ1n) is 12.7. The van der Waals surface area contributed by atoms with Gasteiger partial charge in [-0.3, -0.25) is 4.79 Å². The van der Waals surface area contributed by atoms with E-state index in [1.54, 1.807) is 18.7 Å². The summed E-state index contributed by atoms with van der Waals surface area (Å²) in [5, 5.41) is 7.99. The Morgan fingerprint density at radius 2 is 1.63 bits per heavy atom. The molecule has 4 aromatic rings. The van der Waals surface area contributed by atoms with Gasteiger partial charge in [-0.25, -0.2) is 28.7 Å². The van der Waals surface area contributed by atoms with Gasteiger partial charge in [0.05, 0.1) is 23.4 Å². The van der Waals surface area contributed by atoms with Gasteiger partial charge >= 0.3 is 6.18 Å². The Hall–Kier alpha value is -4.36. The van der Waals surface area contributed by atoms with Crippen molar-refractivity contribution < 1.29 is 31.2 Å². The predicted molar refractivity (Wildman–Crippen MR) is 134 cm³/mol. The quantitative estimate of drug-likeness (QED) is 0.302. The van der Waals surface area contributed by atoms with Gasteiger partial charge in [0.15, 0.2) is 0 Å². The molecule has 0 saturated carbocycles. The number of carbonyl (C=O) groups is 1. The van der Waals surface area contributed by atoms with Crippen molar-refractivity contribution in [2.45, 2.75) is 52.1 Å². The highest BCUT2D eigenvalue weighted by Crippen LogP contribution is 2.36. The Kier molecular flexibility index (Phi) is 7.49. The molecule has 14 heteroatoms. The van der Waals surface area contributed by atoms with Crippen LogP contribution in [0.15, 0.2) is 28.7 Å². The van der Waals surface area contributed by atoms with E-state index in [-0.39, 0.29) is 47.0 Å². The van der Waals surface area contributed by atoms with Crippen LogP contribution in [0, 0.1) is 32.4 Å². The van der Waals surface area contributed by atoms with Crippen molar-refractivity contribution in [2.24, 2.45) is 0 Å². The van der Waals surface area contributed by atoms with Gasteiger partial charge in [0.2, 0.25) is 11.7 Å². The first-order valence-corrected chi connectivity index (χ1v) is 12.7. The number of aryl methyl sites for hydroxylation is 3. The van der Waals surface area contributed by atoms with Crippen LogP contribution < -0.4 is 0 Å². The summed E-state index contributed by atoms with van der Waals surface area (Å²) in [6, 6.07) is 4.78. The number of nitrogens with zero attached hydrogens (tertiary/aromatic N) is 7. The predicted octanol–water partition coefficient (Wildman–Crippen LogP) is 5.15. The molecule has 1 fully saturated rings. The smallest absolute Gasteiger partial charge is 0.414 e. The third-order valence-corrected chi connectivity index (χ3v) is 6.82. The third-order valence-electron chi connectivity index (χ3n) is 6.82. The Balaban J connectivity index is 1.38. The number of carbonyl (C=O) groups excluding carboxylic acids is 1. The van der Waals surface area contributed by atoms with Crippen molar-refractivity contribution in [3.05, 3.63) is 70.2 Å². The van der Waals surface area contributed by atoms with Crippen LogP contribution in [0.3, 0.4) is 0 Å². The number of likely N-dealkylation sites (tertiary alicyclic amines) is 1. The van der Waals surface area contributed by atoms with Crippen LogP contribution in [0.25, 0.3) is 23.0 Å². The standard InChI is InChI=1S/C27H24F5N7O2/c1-13-11-20(36-26(33-13)27(30,31)32)24-37-38-25(41-24)22-14(2)34-15(3)35-23(22)16-7-9-39(10-8-16)21(40)12-17-18(28)5-4-6-19(17)29/h4-6,11,16H,7-10,12H2,1-3H3.